The Morgan fingerprint density at radius 3 is 2.68 bits per heavy atom. The first-order chi connectivity index (χ1) is 19.9. The average molecular weight is 618 g/mol. The van der Waals surface area contributed by atoms with E-state index in [4.69, 9.17) is 14.5 Å². The van der Waals surface area contributed by atoms with E-state index in [9.17, 15) is 14.9 Å². The number of fused-ring (bicyclic) bond motifs is 1. The Morgan fingerprint density at radius 2 is 2.00 bits per heavy atom. The second kappa shape index (κ2) is 12.4. The number of hydrogen-bond donors (Lipinski definition) is 0. The number of nitrogens with zero attached hydrogens (tertiary/aromatic N) is 5. The summed E-state index contributed by atoms with van der Waals surface area (Å²) in [5.41, 5.74) is 1.71. The number of halogens is 1. The fourth-order valence-corrected chi connectivity index (χ4v) is 5.37. The first-order valence-corrected chi connectivity index (χ1v) is 14.0. The molecule has 0 spiro atoms. The van der Waals surface area contributed by atoms with E-state index in [0.29, 0.717) is 40.2 Å². The van der Waals surface area contributed by atoms with Crippen molar-refractivity contribution in [2.24, 2.45) is 5.10 Å². The van der Waals surface area contributed by atoms with Gasteiger partial charge in [-0.1, -0.05) is 41.3 Å². The molecule has 0 saturated heterocycles. The zero-order chi connectivity index (χ0) is 28.9. The van der Waals surface area contributed by atoms with E-state index in [-0.39, 0.29) is 23.0 Å². The van der Waals surface area contributed by atoms with Crippen LogP contribution in [0.15, 0.2) is 75.7 Å². The van der Waals surface area contributed by atoms with E-state index in [1.165, 1.54) is 30.3 Å². The number of benzene rings is 2. The summed E-state index contributed by atoms with van der Waals surface area (Å²) in [6.45, 7) is 3.85. The Morgan fingerprint density at radius 1 is 1.20 bits per heavy atom. The molecule has 0 radical (unpaired) electrons. The van der Waals surface area contributed by atoms with Crippen molar-refractivity contribution in [1.82, 2.24) is 14.6 Å². The molecule has 2 aromatic heterocycles. The standard InChI is InChI=1S/C30H28BrN5O5/c1-3-7-21-14-19(15-26(40-2)28(21)41-27-13-11-23(18-32-27)36(38)39)17-33-35-29(20-8-5-4-6-9-20)34-25-12-10-22(31)16-24(25)30(35)37/h3,10-18,20H,1,4-9H2,2H3. The minimum atomic E-state index is -0.524. The summed E-state index contributed by atoms with van der Waals surface area (Å²) in [5, 5.41) is 16.1. The summed E-state index contributed by atoms with van der Waals surface area (Å²) in [4.78, 5) is 33.1. The third-order valence-corrected chi connectivity index (χ3v) is 7.50. The SMILES string of the molecule is C=CCc1cc(C=Nn2c(C3CCCCC3)nc3ccc(Br)cc3c2=O)cc(OC)c1Oc1ccc([N+](=O)[O-])cn1. The van der Waals surface area contributed by atoms with Gasteiger partial charge in [-0.3, -0.25) is 14.9 Å². The van der Waals surface area contributed by atoms with Crippen LogP contribution in [-0.2, 0) is 6.42 Å². The molecule has 1 aliphatic rings. The lowest BCUT2D eigenvalue weighted by Crippen LogP contribution is -2.25. The molecule has 0 bridgehead atoms. The third-order valence-electron chi connectivity index (χ3n) is 7.00. The van der Waals surface area contributed by atoms with Gasteiger partial charge in [0, 0.05) is 28.1 Å². The van der Waals surface area contributed by atoms with Crippen molar-refractivity contribution in [3.8, 4) is 17.4 Å². The molecule has 1 aliphatic carbocycles. The Hall–Kier alpha value is -4.38. The number of nitro groups is 1. The summed E-state index contributed by atoms with van der Waals surface area (Å²) in [6.07, 6.45) is 10.2. The molecule has 210 valence electrons. The largest absolute Gasteiger partial charge is 0.493 e. The molecular weight excluding hydrogens is 590 g/mol. The van der Waals surface area contributed by atoms with E-state index < -0.39 is 4.92 Å². The van der Waals surface area contributed by atoms with Crippen molar-refractivity contribution >= 4 is 38.7 Å². The molecule has 41 heavy (non-hydrogen) atoms. The number of hydrogen-bond acceptors (Lipinski definition) is 8. The summed E-state index contributed by atoms with van der Waals surface area (Å²) in [6, 6.07) is 11.9. The van der Waals surface area contributed by atoms with Crippen LogP contribution in [0.1, 0.15) is 55.0 Å². The number of rotatable bonds is 9. The zero-order valence-corrected chi connectivity index (χ0v) is 24.0. The predicted octanol–water partition coefficient (Wildman–Crippen LogP) is 6.92. The fourth-order valence-electron chi connectivity index (χ4n) is 5.01. The highest BCUT2D eigenvalue weighted by molar-refractivity contribution is 9.10. The Balaban J connectivity index is 1.56. The molecule has 0 unspecified atom stereocenters. The summed E-state index contributed by atoms with van der Waals surface area (Å²) in [7, 11) is 1.51. The molecule has 11 heteroatoms. The second-order valence-electron chi connectivity index (χ2n) is 9.75. The zero-order valence-electron chi connectivity index (χ0n) is 22.5. The molecule has 1 saturated carbocycles. The molecule has 4 aromatic rings. The van der Waals surface area contributed by atoms with Crippen LogP contribution in [0.25, 0.3) is 10.9 Å². The molecular formula is C30H28BrN5O5. The molecule has 10 nitrogen and oxygen atoms in total. The molecule has 5 rings (SSSR count). The smallest absolute Gasteiger partial charge is 0.287 e. The molecule has 0 aliphatic heterocycles. The van der Waals surface area contributed by atoms with Gasteiger partial charge in [0.05, 0.1) is 29.2 Å². The number of ether oxygens (including phenoxy) is 2. The predicted molar refractivity (Wildman–Crippen MR) is 160 cm³/mol. The van der Waals surface area contributed by atoms with Gasteiger partial charge in [-0.15, -0.1) is 6.58 Å². The topological polar surface area (TPSA) is 122 Å². The van der Waals surface area contributed by atoms with E-state index in [0.717, 1.165) is 41.9 Å². The summed E-state index contributed by atoms with van der Waals surface area (Å²) < 4.78 is 13.8. The van der Waals surface area contributed by atoms with Gasteiger partial charge in [0.25, 0.3) is 11.2 Å². The lowest BCUT2D eigenvalue weighted by Gasteiger charge is -2.22. The van der Waals surface area contributed by atoms with Gasteiger partial charge < -0.3 is 9.47 Å². The third kappa shape index (κ3) is 6.19. The Kier molecular flexibility index (Phi) is 8.53. The van der Waals surface area contributed by atoms with Crippen molar-refractivity contribution in [1.29, 1.82) is 0 Å². The van der Waals surface area contributed by atoms with Crippen LogP contribution in [0.2, 0.25) is 0 Å². The van der Waals surface area contributed by atoms with Crippen LogP contribution in [0.3, 0.4) is 0 Å². The molecule has 2 heterocycles. The van der Waals surface area contributed by atoms with Crippen LogP contribution >= 0.6 is 15.9 Å². The highest BCUT2D eigenvalue weighted by Gasteiger charge is 2.23. The number of pyridine rings is 1. The highest BCUT2D eigenvalue weighted by atomic mass is 79.9. The summed E-state index contributed by atoms with van der Waals surface area (Å²) in [5.74, 6) is 1.81. The number of allylic oxidation sites excluding steroid dienone is 1. The van der Waals surface area contributed by atoms with Crippen LogP contribution in [0.4, 0.5) is 5.69 Å². The molecule has 1 fully saturated rings. The monoisotopic (exact) mass is 617 g/mol. The molecule has 0 atom stereocenters. The van der Waals surface area contributed by atoms with Crippen molar-refractivity contribution < 1.29 is 14.4 Å². The minimum Gasteiger partial charge on any atom is -0.493 e. The first-order valence-electron chi connectivity index (χ1n) is 13.2. The highest BCUT2D eigenvalue weighted by Crippen LogP contribution is 2.37. The van der Waals surface area contributed by atoms with Gasteiger partial charge in [-0.2, -0.15) is 9.78 Å². The van der Waals surface area contributed by atoms with Crippen LogP contribution in [0, 0.1) is 10.1 Å². The van der Waals surface area contributed by atoms with Crippen LogP contribution in [-0.4, -0.2) is 32.9 Å². The van der Waals surface area contributed by atoms with E-state index in [1.54, 1.807) is 24.4 Å². The van der Waals surface area contributed by atoms with Gasteiger partial charge in [0.2, 0.25) is 5.88 Å². The van der Waals surface area contributed by atoms with Gasteiger partial charge in [0.1, 0.15) is 12.0 Å². The van der Waals surface area contributed by atoms with Crippen LogP contribution in [0.5, 0.6) is 17.4 Å². The van der Waals surface area contributed by atoms with Gasteiger partial charge in [-0.25, -0.2) is 9.97 Å². The molecule has 0 amide bonds. The van der Waals surface area contributed by atoms with Crippen molar-refractivity contribution in [2.75, 3.05) is 7.11 Å². The van der Waals surface area contributed by atoms with Crippen molar-refractivity contribution in [2.45, 2.75) is 44.4 Å². The van der Waals surface area contributed by atoms with E-state index in [1.807, 2.05) is 18.2 Å². The summed E-state index contributed by atoms with van der Waals surface area (Å²) >= 11 is 3.46. The normalized spacial score (nSPS) is 13.9. The van der Waals surface area contributed by atoms with E-state index >= 15 is 0 Å². The lowest BCUT2D eigenvalue weighted by molar-refractivity contribution is -0.385. The average Bonchev–Trinajstić information content (AvgIpc) is 2.98. The second-order valence-corrected chi connectivity index (χ2v) is 10.7. The lowest BCUT2D eigenvalue weighted by atomic mass is 9.88. The number of aromatic nitrogens is 3. The van der Waals surface area contributed by atoms with Gasteiger partial charge >= 0.3 is 0 Å². The molecule has 0 N–H and O–H groups in total. The Labute approximate surface area is 244 Å². The van der Waals surface area contributed by atoms with E-state index in [2.05, 4.69) is 32.6 Å². The Bertz CT molecular complexity index is 1690. The minimum absolute atomic E-state index is 0.138. The number of methoxy groups -OCH3 is 1. The van der Waals surface area contributed by atoms with Crippen molar-refractivity contribution in [3.63, 3.8) is 0 Å². The molecule has 2 aromatic carbocycles. The van der Waals surface area contributed by atoms with Crippen LogP contribution < -0.4 is 15.0 Å². The maximum atomic E-state index is 13.7. The quantitative estimate of drug-likeness (QED) is 0.0864. The maximum Gasteiger partial charge on any atom is 0.287 e. The first kappa shape index (κ1) is 28.2. The maximum absolute atomic E-state index is 13.7. The fraction of sp³-hybridized carbons (Fsp3) is 0.267. The van der Waals surface area contributed by atoms with Gasteiger partial charge in [-0.05, 0) is 55.2 Å². The van der Waals surface area contributed by atoms with Gasteiger partial charge in [0.15, 0.2) is 11.5 Å². The van der Waals surface area contributed by atoms with Crippen molar-refractivity contribution in [3.05, 3.63) is 103 Å².